The Kier molecular flexibility index (Phi) is 5.75. The van der Waals surface area contributed by atoms with E-state index >= 15 is 0 Å². The smallest absolute Gasteiger partial charge is 0.193 e. The van der Waals surface area contributed by atoms with Crippen LogP contribution in [0.25, 0.3) is 0 Å². The van der Waals surface area contributed by atoms with Gasteiger partial charge in [0.2, 0.25) is 0 Å². The van der Waals surface area contributed by atoms with Crippen molar-refractivity contribution in [2.75, 3.05) is 25.1 Å². The maximum absolute atomic E-state index is 13.2. The second-order valence-electron chi connectivity index (χ2n) is 5.60. The quantitative estimate of drug-likeness (QED) is 0.598. The molecule has 0 spiro atoms. The van der Waals surface area contributed by atoms with Crippen molar-refractivity contribution >= 4 is 27.6 Å². The lowest BCUT2D eigenvalue weighted by Crippen LogP contribution is -2.23. The first-order chi connectivity index (χ1) is 12.1. The van der Waals surface area contributed by atoms with E-state index in [4.69, 9.17) is 15.2 Å². The molecule has 0 atom stereocenters. The van der Waals surface area contributed by atoms with Crippen molar-refractivity contribution in [3.63, 3.8) is 0 Å². The number of nitrogens with zero attached hydrogens (tertiary/aromatic N) is 1. The molecule has 1 aliphatic rings. The maximum atomic E-state index is 13.2. The summed E-state index contributed by atoms with van der Waals surface area (Å²) in [5.74, 6) is 1.48. The van der Waals surface area contributed by atoms with Gasteiger partial charge in [0.15, 0.2) is 17.5 Å². The van der Waals surface area contributed by atoms with Gasteiger partial charge in [0.05, 0.1) is 17.7 Å². The fourth-order valence-corrected chi connectivity index (χ4v) is 2.86. The lowest BCUT2D eigenvalue weighted by Gasteiger charge is -2.10. The number of nitrogens with one attached hydrogen (secondary N) is 1. The third-order valence-corrected chi connectivity index (χ3v) is 4.29. The summed E-state index contributed by atoms with van der Waals surface area (Å²) in [5, 5.41) is 3.04. The zero-order valence-corrected chi connectivity index (χ0v) is 15.2. The van der Waals surface area contributed by atoms with Crippen LogP contribution >= 0.6 is 15.9 Å². The highest BCUT2D eigenvalue weighted by atomic mass is 79.9. The standard InChI is InChI=1S/C18H19BrFN3O2/c19-14-10-12(2-4-15(14)20)6-7-22-18(21)23-13-3-5-16-17(11-13)25-9-1-8-24-16/h2-5,10-11H,1,6-9H2,(H3,21,22,23). The first kappa shape index (κ1) is 17.5. The molecule has 0 saturated carbocycles. The summed E-state index contributed by atoms with van der Waals surface area (Å²) < 4.78 is 24.9. The number of hydrogen-bond donors (Lipinski definition) is 2. The van der Waals surface area contributed by atoms with Gasteiger partial charge in [0.1, 0.15) is 5.82 Å². The number of rotatable bonds is 4. The van der Waals surface area contributed by atoms with Gasteiger partial charge < -0.3 is 20.5 Å². The molecule has 7 heteroatoms. The Labute approximate surface area is 154 Å². The molecule has 2 aromatic carbocycles. The highest BCUT2D eigenvalue weighted by Crippen LogP contribution is 2.32. The van der Waals surface area contributed by atoms with E-state index in [1.807, 2.05) is 18.2 Å². The SMILES string of the molecule is NC(=NCCc1ccc(F)c(Br)c1)Nc1ccc2c(c1)OCCCO2. The summed E-state index contributed by atoms with van der Waals surface area (Å²) in [6.45, 7) is 1.79. The van der Waals surface area contributed by atoms with Crippen LogP contribution in [0.2, 0.25) is 0 Å². The Balaban J connectivity index is 1.57. The molecule has 0 bridgehead atoms. The summed E-state index contributed by atoms with van der Waals surface area (Å²) in [6, 6.07) is 10.5. The third-order valence-electron chi connectivity index (χ3n) is 3.69. The van der Waals surface area contributed by atoms with E-state index in [2.05, 4.69) is 26.2 Å². The van der Waals surface area contributed by atoms with Crippen molar-refractivity contribution in [3.8, 4) is 11.5 Å². The van der Waals surface area contributed by atoms with E-state index in [1.54, 1.807) is 12.1 Å². The van der Waals surface area contributed by atoms with Gasteiger partial charge in [-0.25, -0.2) is 4.39 Å². The largest absolute Gasteiger partial charge is 0.490 e. The van der Waals surface area contributed by atoms with Crippen LogP contribution in [-0.2, 0) is 6.42 Å². The van der Waals surface area contributed by atoms with E-state index in [0.717, 1.165) is 23.4 Å². The van der Waals surface area contributed by atoms with Crippen molar-refractivity contribution in [2.45, 2.75) is 12.8 Å². The average molecular weight is 408 g/mol. The van der Waals surface area contributed by atoms with Gasteiger partial charge in [-0.05, 0) is 52.2 Å². The van der Waals surface area contributed by atoms with Crippen LogP contribution in [0.3, 0.4) is 0 Å². The Morgan fingerprint density at radius 2 is 1.96 bits per heavy atom. The average Bonchev–Trinajstić information content (AvgIpc) is 2.83. The molecule has 1 aliphatic heterocycles. The molecule has 0 radical (unpaired) electrons. The molecule has 5 nitrogen and oxygen atoms in total. The van der Waals surface area contributed by atoms with E-state index in [9.17, 15) is 4.39 Å². The van der Waals surface area contributed by atoms with E-state index in [0.29, 0.717) is 42.4 Å². The molecular weight excluding hydrogens is 389 g/mol. The van der Waals surface area contributed by atoms with Crippen LogP contribution in [0.15, 0.2) is 45.9 Å². The van der Waals surface area contributed by atoms with Crippen molar-refractivity contribution in [1.82, 2.24) is 0 Å². The summed E-state index contributed by atoms with van der Waals surface area (Å²) in [4.78, 5) is 4.30. The minimum absolute atomic E-state index is 0.275. The van der Waals surface area contributed by atoms with Crippen LogP contribution in [0.5, 0.6) is 11.5 Å². The Morgan fingerprint density at radius 1 is 1.16 bits per heavy atom. The molecule has 1 heterocycles. The molecule has 0 saturated heterocycles. The van der Waals surface area contributed by atoms with Gasteiger partial charge in [-0.15, -0.1) is 0 Å². The van der Waals surface area contributed by atoms with E-state index in [1.165, 1.54) is 6.07 Å². The van der Waals surface area contributed by atoms with Crippen molar-refractivity contribution in [1.29, 1.82) is 0 Å². The first-order valence-corrected chi connectivity index (χ1v) is 8.81. The Hall–Kier alpha value is -2.28. The van der Waals surface area contributed by atoms with E-state index < -0.39 is 0 Å². The number of nitrogens with two attached hydrogens (primary N) is 1. The van der Waals surface area contributed by atoms with E-state index in [-0.39, 0.29) is 5.82 Å². The summed E-state index contributed by atoms with van der Waals surface area (Å²) in [6.07, 6.45) is 1.53. The van der Waals surface area contributed by atoms with Gasteiger partial charge in [0.25, 0.3) is 0 Å². The van der Waals surface area contributed by atoms with Gasteiger partial charge in [-0.3, -0.25) is 4.99 Å². The van der Waals surface area contributed by atoms with Gasteiger partial charge >= 0.3 is 0 Å². The van der Waals surface area contributed by atoms with Crippen LogP contribution < -0.4 is 20.5 Å². The number of guanidine groups is 1. The second-order valence-corrected chi connectivity index (χ2v) is 6.46. The van der Waals surface area contributed by atoms with Gasteiger partial charge in [0, 0.05) is 24.7 Å². The summed E-state index contributed by atoms with van der Waals surface area (Å²) >= 11 is 3.18. The predicted octanol–water partition coefficient (Wildman–Crippen LogP) is 3.72. The second kappa shape index (κ2) is 8.20. The fraction of sp³-hybridized carbons (Fsp3) is 0.278. The molecule has 3 rings (SSSR count). The zero-order valence-electron chi connectivity index (χ0n) is 13.6. The number of fused-ring (bicyclic) bond motifs is 1. The molecule has 25 heavy (non-hydrogen) atoms. The normalized spacial score (nSPS) is 14.1. The highest BCUT2D eigenvalue weighted by Gasteiger charge is 2.10. The third kappa shape index (κ3) is 4.85. The topological polar surface area (TPSA) is 68.9 Å². The predicted molar refractivity (Wildman–Crippen MR) is 100.0 cm³/mol. The molecule has 0 amide bonds. The van der Waals surface area contributed by atoms with Crippen molar-refractivity contribution < 1.29 is 13.9 Å². The number of hydrogen-bond acceptors (Lipinski definition) is 3. The number of ether oxygens (including phenoxy) is 2. The minimum Gasteiger partial charge on any atom is -0.490 e. The molecule has 0 aliphatic carbocycles. The Morgan fingerprint density at radius 3 is 2.76 bits per heavy atom. The number of anilines is 1. The van der Waals surface area contributed by atoms with Crippen molar-refractivity contribution in [2.24, 2.45) is 10.7 Å². The molecule has 0 aromatic heterocycles. The molecule has 132 valence electrons. The molecule has 0 fully saturated rings. The summed E-state index contributed by atoms with van der Waals surface area (Å²) in [5.41, 5.74) is 7.70. The fourth-order valence-electron chi connectivity index (χ4n) is 2.43. The number of benzene rings is 2. The maximum Gasteiger partial charge on any atom is 0.193 e. The summed E-state index contributed by atoms with van der Waals surface area (Å²) in [7, 11) is 0. The molecular formula is C18H19BrFN3O2. The highest BCUT2D eigenvalue weighted by molar-refractivity contribution is 9.10. The Bertz CT molecular complexity index is 783. The monoisotopic (exact) mass is 407 g/mol. The molecule has 2 aromatic rings. The first-order valence-electron chi connectivity index (χ1n) is 8.02. The zero-order chi connectivity index (χ0) is 17.6. The van der Waals surface area contributed by atoms with Crippen LogP contribution in [0.1, 0.15) is 12.0 Å². The van der Waals surface area contributed by atoms with Gasteiger partial charge in [-0.2, -0.15) is 0 Å². The molecule has 0 unspecified atom stereocenters. The number of aliphatic imine (C=N–C) groups is 1. The van der Waals surface area contributed by atoms with Crippen LogP contribution in [-0.4, -0.2) is 25.7 Å². The number of halogens is 2. The van der Waals surface area contributed by atoms with Crippen LogP contribution in [0, 0.1) is 5.82 Å². The lowest BCUT2D eigenvalue weighted by atomic mass is 10.1. The van der Waals surface area contributed by atoms with Gasteiger partial charge in [-0.1, -0.05) is 6.07 Å². The van der Waals surface area contributed by atoms with Crippen molar-refractivity contribution in [3.05, 3.63) is 52.3 Å². The molecule has 3 N–H and O–H groups in total. The van der Waals surface area contributed by atoms with Crippen LogP contribution in [0.4, 0.5) is 10.1 Å². The lowest BCUT2D eigenvalue weighted by molar-refractivity contribution is 0.297. The minimum atomic E-state index is -0.275.